The van der Waals surface area contributed by atoms with Crippen LogP contribution >= 0.6 is 11.3 Å². The Bertz CT molecular complexity index is 854. The summed E-state index contributed by atoms with van der Waals surface area (Å²) in [6.45, 7) is 8.00. The second kappa shape index (κ2) is 7.70. The van der Waals surface area contributed by atoms with E-state index < -0.39 is 0 Å². The SMILES string of the molecule is Cc1ccc(CN2CCn3cc(CN(C)Cc4cccnc4)nc3C2)s1. The molecule has 0 aliphatic carbocycles. The van der Waals surface area contributed by atoms with Gasteiger partial charge in [-0.1, -0.05) is 6.07 Å². The van der Waals surface area contributed by atoms with Crippen molar-refractivity contribution in [2.24, 2.45) is 0 Å². The lowest BCUT2D eigenvalue weighted by atomic mass is 10.2. The Kier molecular flexibility index (Phi) is 5.15. The van der Waals surface area contributed by atoms with Gasteiger partial charge in [0.05, 0.1) is 12.2 Å². The van der Waals surface area contributed by atoms with Gasteiger partial charge in [0.15, 0.2) is 0 Å². The van der Waals surface area contributed by atoms with Gasteiger partial charge in [-0.25, -0.2) is 4.98 Å². The highest BCUT2D eigenvalue weighted by atomic mass is 32.1. The lowest BCUT2D eigenvalue weighted by molar-refractivity contribution is 0.210. The molecular formula is C20H25N5S. The molecular weight excluding hydrogens is 342 g/mol. The van der Waals surface area contributed by atoms with Crippen LogP contribution in [0.3, 0.4) is 0 Å². The first kappa shape index (κ1) is 17.4. The molecule has 136 valence electrons. The van der Waals surface area contributed by atoms with Crippen LogP contribution < -0.4 is 0 Å². The number of aromatic nitrogens is 3. The Morgan fingerprint density at radius 3 is 2.88 bits per heavy atom. The van der Waals surface area contributed by atoms with E-state index in [0.29, 0.717) is 0 Å². The molecule has 0 unspecified atom stereocenters. The van der Waals surface area contributed by atoms with Crippen LogP contribution in [-0.2, 0) is 32.7 Å². The maximum absolute atomic E-state index is 4.90. The summed E-state index contributed by atoms with van der Waals surface area (Å²) in [6, 6.07) is 8.56. The van der Waals surface area contributed by atoms with Gasteiger partial charge >= 0.3 is 0 Å². The third-order valence-corrected chi connectivity index (χ3v) is 5.70. The summed E-state index contributed by atoms with van der Waals surface area (Å²) in [4.78, 5) is 16.7. The summed E-state index contributed by atoms with van der Waals surface area (Å²) in [5, 5.41) is 0. The van der Waals surface area contributed by atoms with Crippen molar-refractivity contribution in [2.75, 3.05) is 13.6 Å². The van der Waals surface area contributed by atoms with Crippen LogP contribution in [0.1, 0.15) is 26.8 Å². The van der Waals surface area contributed by atoms with E-state index in [-0.39, 0.29) is 0 Å². The highest BCUT2D eigenvalue weighted by molar-refractivity contribution is 7.11. The maximum atomic E-state index is 4.90. The Balaban J connectivity index is 1.36. The van der Waals surface area contributed by atoms with Crippen LogP contribution in [0.4, 0.5) is 0 Å². The number of hydrogen-bond donors (Lipinski definition) is 0. The maximum Gasteiger partial charge on any atom is 0.123 e. The fourth-order valence-corrected chi connectivity index (χ4v) is 4.43. The van der Waals surface area contributed by atoms with Gasteiger partial charge in [-0.05, 0) is 37.7 Å². The molecule has 6 heteroatoms. The predicted octanol–water partition coefficient (Wildman–Crippen LogP) is 3.30. The van der Waals surface area contributed by atoms with Gasteiger partial charge in [-0.3, -0.25) is 14.8 Å². The number of aryl methyl sites for hydroxylation is 1. The van der Waals surface area contributed by atoms with Crippen molar-refractivity contribution in [3.05, 3.63) is 69.7 Å². The van der Waals surface area contributed by atoms with Crippen LogP contribution in [0, 0.1) is 6.92 Å². The van der Waals surface area contributed by atoms with Crippen molar-refractivity contribution in [1.29, 1.82) is 0 Å². The van der Waals surface area contributed by atoms with Gasteiger partial charge in [0, 0.05) is 61.1 Å². The average Bonchev–Trinajstić information content (AvgIpc) is 3.20. The van der Waals surface area contributed by atoms with Gasteiger partial charge in [0.25, 0.3) is 0 Å². The van der Waals surface area contributed by atoms with Crippen LogP contribution in [0.5, 0.6) is 0 Å². The topological polar surface area (TPSA) is 37.2 Å². The van der Waals surface area contributed by atoms with Gasteiger partial charge in [0.2, 0.25) is 0 Å². The van der Waals surface area contributed by atoms with Crippen molar-refractivity contribution in [2.45, 2.75) is 39.6 Å². The van der Waals surface area contributed by atoms with E-state index in [4.69, 9.17) is 4.98 Å². The standard InChI is InChI=1S/C20H25N5S/c1-16-5-6-19(26-16)14-24-8-9-25-13-18(22-20(25)15-24)12-23(2)11-17-4-3-7-21-10-17/h3-7,10,13H,8-9,11-12,14-15H2,1-2H3. The molecule has 3 aromatic rings. The van der Waals surface area contributed by atoms with E-state index in [1.165, 1.54) is 21.1 Å². The Morgan fingerprint density at radius 2 is 2.12 bits per heavy atom. The van der Waals surface area contributed by atoms with Crippen molar-refractivity contribution >= 4 is 11.3 Å². The van der Waals surface area contributed by atoms with Crippen LogP contribution in [0.15, 0.2) is 42.9 Å². The molecule has 0 aromatic carbocycles. The van der Waals surface area contributed by atoms with E-state index in [1.807, 2.05) is 29.8 Å². The van der Waals surface area contributed by atoms with Crippen molar-refractivity contribution in [1.82, 2.24) is 24.3 Å². The predicted molar refractivity (Wildman–Crippen MR) is 105 cm³/mol. The van der Waals surface area contributed by atoms with Gasteiger partial charge in [0.1, 0.15) is 5.82 Å². The van der Waals surface area contributed by atoms with Crippen molar-refractivity contribution < 1.29 is 0 Å². The van der Waals surface area contributed by atoms with Crippen molar-refractivity contribution in [3.8, 4) is 0 Å². The quantitative estimate of drug-likeness (QED) is 0.670. The second-order valence-electron chi connectivity index (χ2n) is 7.10. The van der Waals surface area contributed by atoms with Crippen LogP contribution in [-0.4, -0.2) is 37.9 Å². The summed E-state index contributed by atoms with van der Waals surface area (Å²) in [5.41, 5.74) is 2.39. The van der Waals surface area contributed by atoms with Gasteiger partial charge in [-0.2, -0.15) is 0 Å². The summed E-state index contributed by atoms with van der Waals surface area (Å²) in [5.74, 6) is 1.19. The smallest absolute Gasteiger partial charge is 0.123 e. The molecule has 0 spiro atoms. The molecule has 0 N–H and O–H groups in total. The normalized spacial score (nSPS) is 14.7. The highest BCUT2D eigenvalue weighted by Crippen LogP contribution is 2.21. The molecule has 1 aliphatic heterocycles. The first-order valence-corrected chi connectivity index (χ1v) is 9.87. The first-order chi connectivity index (χ1) is 12.7. The molecule has 0 atom stereocenters. The molecule has 0 fully saturated rings. The summed E-state index contributed by atoms with van der Waals surface area (Å²) in [7, 11) is 2.14. The first-order valence-electron chi connectivity index (χ1n) is 9.06. The average molecular weight is 368 g/mol. The van der Waals surface area contributed by atoms with E-state index >= 15 is 0 Å². The third-order valence-electron chi connectivity index (χ3n) is 4.71. The molecule has 0 saturated heterocycles. The Morgan fingerprint density at radius 1 is 1.19 bits per heavy atom. The largest absolute Gasteiger partial charge is 0.332 e. The number of rotatable bonds is 6. The summed E-state index contributed by atoms with van der Waals surface area (Å²) >= 11 is 1.90. The molecule has 4 rings (SSSR count). The van der Waals surface area contributed by atoms with Crippen LogP contribution in [0.2, 0.25) is 0 Å². The van der Waals surface area contributed by atoms with E-state index in [1.54, 1.807) is 0 Å². The van der Waals surface area contributed by atoms with Crippen molar-refractivity contribution in [3.63, 3.8) is 0 Å². The zero-order valence-corrected chi connectivity index (χ0v) is 16.2. The fraction of sp³-hybridized carbons (Fsp3) is 0.400. The molecule has 3 aromatic heterocycles. The number of pyridine rings is 1. The molecule has 0 saturated carbocycles. The lowest BCUT2D eigenvalue weighted by Gasteiger charge is -2.26. The van der Waals surface area contributed by atoms with Gasteiger partial charge in [-0.15, -0.1) is 11.3 Å². The zero-order valence-electron chi connectivity index (χ0n) is 15.4. The minimum Gasteiger partial charge on any atom is -0.332 e. The summed E-state index contributed by atoms with van der Waals surface area (Å²) in [6.07, 6.45) is 5.97. The highest BCUT2D eigenvalue weighted by Gasteiger charge is 2.19. The zero-order chi connectivity index (χ0) is 17.9. The van der Waals surface area contributed by atoms with Gasteiger partial charge < -0.3 is 4.57 Å². The molecule has 0 bridgehead atoms. The molecule has 1 aliphatic rings. The minimum atomic E-state index is 0.860. The Labute approximate surface area is 158 Å². The number of nitrogens with zero attached hydrogens (tertiary/aromatic N) is 5. The molecule has 0 amide bonds. The molecule has 5 nitrogen and oxygen atoms in total. The minimum absolute atomic E-state index is 0.860. The Hall–Kier alpha value is -2.02. The second-order valence-corrected chi connectivity index (χ2v) is 8.47. The molecule has 0 radical (unpaired) electrons. The third kappa shape index (κ3) is 4.20. The number of fused-ring (bicyclic) bond motifs is 1. The fourth-order valence-electron chi connectivity index (χ4n) is 3.50. The number of imidazole rings is 1. The molecule has 4 heterocycles. The van der Waals surface area contributed by atoms with E-state index in [9.17, 15) is 0 Å². The van der Waals surface area contributed by atoms with Crippen LogP contribution in [0.25, 0.3) is 0 Å². The summed E-state index contributed by atoms with van der Waals surface area (Å²) < 4.78 is 2.32. The van der Waals surface area contributed by atoms with E-state index in [2.05, 4.69) is 57.7 Å². The number of hydrogen-bond acceptors (Lipinski definition) is 5. The number of thiophene rings is 1. The molecule has 26 heavy (non-hydrogen) atoms. The monoisotopic (exact) mass is 367 g/mol. The van der Waals surface area contributed by atoms with E-state index in [0.717, 1.165) is 45.0 Å². The lowest BCUT2D eigenvalue weighted by Crippen LogP contribution is -2.32.